The molecular formula is C4H4INO3. The van der Waals surface area contributed by atoms with Crippen molar-refractivity contribution >= 4 is 37.9 Å². The van der Waals surface area contributed by atoms with Crippen LogP contribution in [0.1, 0.15) is 6.92 Å². The number of hydrogen-bond donors (Lipinski definition) is 1. The van der Waals surface area contributed by atoms with Crippen molar-refractivity contribution in [2.45, 2.75) is 6.92 Å². The van der Waals surface area contributed by atoms with Gasteiger partial charge in [0, 0.05) is 29.5 Å². The van der Waals surface area contributed by atoms with Crippen molar-refractivity contribution in [3.63, 3.8) is 0 Å². The SMILES string of the molecule is CC(=O)/C(=N/O)C(=O)I. The van der Waals surface area contributed by atoms with Gasteiger partial charge in [-0.3, -0.25) is 9.59 Å². The summed E-state index contributed by atoms with van der Waals surface area (Å²) in [6.07, 6.45) is 0. The second-order valence-electron chi connectivity index (χ2n) is 1.28. The predicted molar refractivity (Wildman–Crippen MR) is 38.9 cm³/mol. The molecule has 1 N–H and O–H groups in total. The lowest BCUT2D eigenvalue weighted by Gasteiger charge is -1.87. The summed E-state index contributed by atoms with van der Waals surface area (Å²) in [5.41, 5.74) is -0.421. The summed E-state index contributed by atoms with van der Waals surface area (Å²) >= 11 is 1.37. The zero-order valence-electron chi connectivity index (χ0n) is 4.59. The van der Waals surface area contributed by atoms with Crippen molar-refractivity contribution in [1.82, 2.24) is 0 Å². The summed E-state index contributed by atoms with van der Waals surface area (Å²) in [6.45, 7) is 1.16. The second-order valence-corrected chi connectivity index (χ2v) is 2.26. The van der Waals surface area contributed by atoms with Gasteiger partial charge in [0.15, 0.2) is 11.5 Å². The molecule has 0 aliphatic rings. The molecule has 0 amide bonds. The van der Waals surface area contributed by atoms with Crippen molar-refractivity contribution in [1.29, 1.82) is 0 Å². The first-order valence-electron chi connectivity index (χ1n) is 2.02. The van der Waals surface area contributed by atoms with Crippen molar-refractivity contribution in [2.24, 2.45) is 5.16 Å². The molecule has 0 atom stereocenters. The van der Waals surface area contributed by atoms with Crippen LogP contribution < -0.4 is 0 Å². The van der Waals surface area contributed by atoms with Gasteiger partial charge in [-0.15, -0.1) is 0 Å². The van der Waals surface area contributed by atoms with E-state index < -0.39 is 15.3 Å². The van der Waals surface area contributed by atoms with E-state index in [1.165, 1.54) is 22.6 Å². The standard InChI is InChI=1S/C4H4INO3/c1-2(7)3(6-9)4(5)8/h9H,1H3/b6-3-. The summed E-state index contributed by atoms with van der Waals surface area (Å²) in [5.74, 6) is -0.531. The molecule has 0 saturated carbocycles. The summed E-state index contributed by atoms with van der Waals surface area (Å²) < 4.78 is -0.553. The fourth-order valence-electron chi connectivity index (χ4n) is 0.248. The summed E-state index contributed by atoms with van der Waals surface area (Å²) in [5, 5.41) is 10.5. The van der Waals surface area contributed by atoms with E-state index in [-0.39, 0.29) is 0 Å². The maximum absolute atomic E-state index is 10.3. The number of rotatable bonds is 2. The van der Waals surface area contributed by atoms with Crippen LogP contribution in [-0.2, 0) is 9.59 Å². The van der Waals surface area contributed by atoms with Crippen LogP contribution >= 0.6 is 22.6 Å². The van der Waals surface area contributed by atoms with E-state index in [0.717, 1.165) is 6.92 Å². The molecule has 0 aliphatic heterocycles. The maximum Gasteiger partial charge on any atom is 0.247 e. The molecule has 0 aromatic heterocycles. The second kappa shape index (κ2) is 3.54. The van der Waals surface area contributed by atoms with E-state index in [2.05, 4.69) is 5.16 Å². The van der Waals surface area contributed by atoms with Gasteiger partial charge in [-0.25, -0.2) is 0 Å². The molecular weight excluding hydrogens is 237 g/mol. The van der Waals surface area contributed by atoms with E-state index in [4.69, 9.17) is 5.21 Å². The largest absolute Gasteiger partial charge is 0.410 e. The Kier molecular flexibility index (Phi) is 3.36. The van der Waals surface area contributed by atoms with E-state index in [0.29, 0.717) is 0 Å². The highest BCUT2D eigenvalue weighted by molar-refractivity contribution is 14.1. The molecule has 0 spiro atoms. The third-order valence-electron chi connectivity index (χ3n) is 0.620. The van der Waals surface area contributed by atoms with E-state index in [9.17, 15) is 9.59 Å². The Labute approximate surface area is 65.1 Å². The van der Waals surface area contributed by atoms with Crippen LogP contribution in [0.3, 0.4) is 0 Å². The first kappa shape index (κ1) is 8.54. The Morgan fingerprint density at radius 3 is 2.00 bits per heavy atom. The third kappa shape index (κ3) is 2.54. The lowest BCUT2D eigenvalue weighted by Crippen LogP contribution is -2.16. The van der Waals surface area contributed by atoms with Crippen LogP contribution in [0.25, 0.3) is 0 Å². The van der Waals surface area contributed by atoms with Crippen LogP contribution in [0, 0.1) is 0 Å². The van der Waals surface area contributed by atoms with Crippen LogP contribution in [0.2, 0.25) is 0 Å². The van der Waals surface area contributed by atoms with Crippen molar-refractivity contribution in [2.75, 3.05) is 0 Å². The Hall–Kier alpha value is -0.460. The first-order valence-corrected chi connectivity index (χ1v) is 3.10. The highest BCUT2D eigenvalue weighted by Crippen LogP contribution is 1.91. The molecule has 0 heterocycles. The van der Waals surface area contributed by atoms with Crippen molar-refractivity contribution < 1.29 is 14.8 Å². The first-order chi connectivity index (χ1) is 4.09. The van der Waals surface area contributed by atoms with Gasteiger partial charge in [-0.2, -0.15) is 0 Å². The molecule has 0 aliphatic carbocycles. The van der Waals surface area contributed by atoms with E-state index >= 15 is 0 Å². The molecule has 0 bridgehead atoms. The van der Waals surface area contributed by atoms with Crippen LogP contribution in [-0.4, -0.2) is 20.5 Å². The average Bonchev–Trinajstić information content (AvgIpc) is 1.64. The Balaban J connectivity index is 4.38. The lowest BCUT2D eigenvalue weighted by molar-refractivity contribution is -0.112. The zero-order valence-corrected chi connectivity index (χ0v) is 6.75. The molecule has 9 heavy (non-hydrogen) atoms. The highest BCUT2D eigenvalue weighted by Gasteiger charge is 2.12. The molecule has 0 fully saturated rings. The van der Waals surface area contributed by atoms with Gasteiger partial charge in [0.2, 0.25) is 3.79 Å². The number of Topliss-reactive ketones (excluding diaryl/α,β-unsaturated/α-hetero) is 1. The third-order valence-corrected chi connectivity index (χ3v) is 1.13. The monoisotopic (exact) mass is 241 g/mol. The lowest BCUT2D eigenvalue weighted by atomic mass is 10.3. The minimum absolute atomic E-state index is 0.421. The van der Waals surface area contributed by atoms with Gasteiger partial charge in [0.25, 0.3) is 0 Å². The molecule has 0 aromatic carbocycles. The van der Waals surface area contributed by atoms with E-state index in [1.54, 1.807) is 0 Å². The molecule has 0 rings (SSSR count). The zero-order chi connectivity index (χ0) is 7.44. The van der Waals surface area contributed by atoms with Gasteiger partial charge in [0.1, 0.15) is 0 Å². The van der Waals surface area contributed by atoms with Crippen LogP contribution in [0.5, 0.6) is 0 Å². The minimum atomic E-state index is -0.553. The number of ketones is 1. The van der Waals surface area contributed by atoms with Crippen molar-refractivity contribution in [3.8, 4) is 0 Å². The molecule has 0 saturated heterocycles. The Bertz CT molecular complexity index is 159. The molecule has 50 valence electrons. The minimum Gasteiger partial charge on any atom is -0.410 e. The van der Waals surface area contributed by atoms with Gasteiger partial charge >= 0.3 is 0 Å². The smallest absolute Gasteiger partial charge is 0.247 e. The summed E-state index contributed by atoms with van der Waals surface area (Å²) in [7, 11) is 0. The summed E-state index contributed by atoms with van der Waals surface area (Å²) in [4.78, 5) is 20.6. The van der Waals surface area contributed by atoms with Gasteiger partial charge < -0.3 is 5.21 Å². The van der Waals surface area contributed by atoms with Gasteiger partial charge in [0.05, 0.1) is 0 Å². The Morgan fingerprint density at radius 2 is 2.00 bits per heavy atom. The molecule has 5 heteroatoms. The number of halogens is 1. The topological polar surface area (TPSA) is 66.7 Å². The van der Waals surface area contributed by atoms with E-state index in [1.807, 2.05) is 0 Å². The number of nitrogens with zero attached hydrogens (tertiary/aromatic N) is 1. The van der Waals surface area contributed by atoms with Gasteiger partial charge in [-0.05, 0) is 0 Å². The number of carbonyl (C=O) groups is 2. The predicted octanol–water partition coefficient (Wildman–Crippen LogP) is 0.367. The summed E-state index contributed by atoms with van der Waals surface area (Å²) in [6, 6.07) is 0. The number of carbonyl (C=O) groups excluding carboxylic acids is 2. The number of oxime groups is 1. The van der Waals surface area contributed by atoms with Crippen LogP contribution in [0.4, 0.5) is 0 Å². The maximum atomic E-state index is 10.3. The molecule has 4 nitrogen and oxygen atoms in total. The fourth-order valence-corrected chi connectivity index (χ4v) is 0.736. The number of hydrogen-bond acceptors (Lipinski definition) is 4. The highest BCUT2D eigenvalue weighted by atomic mass is 127. The normalized spacial score (nSPS) is 11.1. The van der Waals surface area contributed by atoms with Crippen molar-refractivity contribution in [3.05, 3.63) is 0 Å². The van der Waals surface area contributed by atoms with Crippen LogP contribution in [0.15, 0.2) is 5.16 Å². The Morgan fingerprint density at radius 1 is 1.56 bits per heavy atom. The average molecular weight is 241 g/mol. The fraction of sp³-hybridized carbons (Fsp3) is 0.250. The molecule has 0 unspecified atom stereocenters. The molecule has 0 aromatic rings. The van der Waals surface area contributed by atoms with Gasteiger partial charge in [-0.1, -0.05) is 5.16 Å². The quantitative estimate of drug-likeness (QED) is 0.189. The molecule has 0 radical (unpaired) electrons.